The predicted molar refractivity (Wildman–Crippen MR) is 112 cm³/mol. The third-order valence-electron chi connectivity index (χ3n) is 5.16. The number of halogens is 1. The van der Waals surface area contributed by atoms with Gasteiger partial charge in [0.05, 0.1) is 28.6 Å². The van der Waals surface area contributed by atoms with Crippen molar-refractivity contribution in [2.24, 2.45) is 7.05 Å². The van der Waals surface area contributed by atoms with E-state index in [1.165, 1.54) is 0 Å². The molecule has 148 valence electrons. The molecule has 6 nitrogen and oxygen atoms in total. The van der Waals surface area contributed by atoms with Crippen LogP contribution in [-0.4, -0.2) is 51.4 Å². The van der Waals surface area contributed by atoms with E-state index in [2.05, 4.69) is 5.10 Å². The molecule has 2 aromatic heterocycles. The lowest BCUT2D eigenvalue weighted by molar-refractivity contribution is 0.0146. The molecule has 1 aliphatic heterocycles. The fraction of sp³-hybridized carbons (Fsp3) is 0.381. The first-order chi connectivity index (χ1) is 13.2. The molecular weight excluding hydrogens is 376 g/mol. The number of para-hydroxylation sites is 1. The highest BCUT2D eigenvalue weighted by molar-refractivity contribution is 6.07. The number of aryl methyl sites for hydroxylation is 1. The molecule has 0 bridgehead atoms. The Morgan fingerprint density at radius 2 is 1.96 bits per heavy atom. The number of fused-ring (bicyclic) bond motifs is 1. The largest absolute Gasteiger partial charge is 0.378 e. The van der Waals surface area contributed by atoms with E-state index in [0.717, 1.165) is 54.8 Å². The van der Waals surface area contributed by atoms with Crippen LogP contribution in [0.4, 0.5) is 0 Å². The summed E-state index contributed by atoms with van der Waals surface area (Å²) in [5, 5.41) is 5.12. The van der Waals surface area contributed by atoms with E-state index in [0.29, 0.717) is 5.56 Å². The Balaban J connectivity index is 0.00000225. The molecule has 4 rings (SSSR count). The SMILES string of the molecule is CCOC1CCN(C(=O)c2cc(-c3ccnn3C)nc3ccccc23)CC1.Cl. The van der Waals surface area contributed by atoms with Gasteiger partial charge in [0.25, 0.3) is 5.91 Å². The van der Waals surface area contributed by atoms with Gasteiger partial charge < -0.3 is 9.64 Å². The van der Waals surface area contributed by atoms with Gasteiger partial charge in [-0.1, -0.05) is 18.2 Å². The van der Waals surface area contributed by atoms with Crippen LogP contribution in [0, 0.1) is 0 Å². The van der Waals surface area contributed by atoms with E-state index in [9.17, 15) is 4.79 Å². The number of aromatic nitrogens is 3. The van der Waals surface area contributed by atoms with E-state index in [1.807, 2.05) is 55.3 Å². The molecule has 0 radical (unpaired) electrons. The smallest absolute Gasteiger partial charge is 0.254 e. The number of carbonyl (C=O) groups excluding carboxylic acids is 1. The Morgan fingerprint density at radius 3 is 2.64 bits per heavy atom. The zero-order valence-electron chi connectivity index (χ0n) is 16.2. The predicted octanol–water partition coefficient (Wildman–Crippen LogP) is 3.70. The zero-order chi connectivity index (χ0) is 18.8. The molecule has 1 amide bonds. The van der Waals surface area contributed by atoms with E-state index >= 15 is 0 Å². The zero-order valence-corrected chi connectivity index (χ0v) is 17.0. The number of rotatable bonds is 4. The van der Waals surface area contributed by atoms with Gasteiger partial charge in [-0.05, 0) is 38.0 Å². The minimum atomic E-state index is 0. The summed E-state index contributed by atoms with van der Waals surface area (Å²) in [7, 11) is 1.88. The van der Waals surface area contributed by atoms with Crippen LogP contribution in [0.15, 0.2) is 42.6 Å². The minimum absolute atomic E-state index is 0. The second kappa shape index (κ2) is 8.71. The lowest BCUT2D eigenvalue weighted by Crippen LogP contribution is -2.41. The summed E-state index contributed by atoms with van der Waals surface area (Å²) in [6.45, 7) is 4.19. The summed E-state index contributed by atoms with van der Waals surface area (Å²) in [6.07, 6.45) is 3.78. The van der Waals surface area contributed by atoms with Crippen LogP contribution in [0.3, 0.4) is 0 Å². The Hall–Kier alpha value is -2.44. The second-order valence-corrected chi connectivity index (χ2v) is 6.86. The molecule has 1 saturated heterocycles. The molecule has 0 saturated carbocycles. The number of benzene rings is 1. The third kappa shape index (κ3) is 3.88. The number of carbonyl (C=O) groups is 1. The van der Waals surface area contributed by atoms with Crippen LogP contribution in [0.2, 0.25) is 0 Å². The molecule has 0 aliphatic carbocycles. The molecule has 0 atom stereocenters. The number of pyridine rings is 1. The lowest BCUT2D eigenvalue weighted by Gasteiger charge is -2.32. The van der Waals surface area contributed by atoms with Crippen molar-refractivity contribution in [3.8, 4) is 11.4 Å². The highest BCUT2D eigenvalue weighted by Crippen LogP contribution is 2.26. The first-order valence-corrected chi connectivity index (χ1v) is 9.46. The number of piperidine rings is 1. The monoisotopic (exact) mass is 400 g/mol. The Labute approximate surface area is 170 Å². The first-order valence-electron chi connectivity index (χ1n) is 9.46. The summed E-state index contributed by atoms with van der Waals surface area (Å²) < 4.78 is 7.49. The Morgan fingerprint density at radius 1 is 1.21 bits per heavy atom. The Bertz CT molecular complexity index is 964. The molecule has 28 heavy (non-hydrogen) atoms. The van der Waals surface area contributed by atoms with Gasteiger partial charge in [0.1, 0.15) is 0 Å². The van der Waals surface area contributed by atoms with Gasteiger partial charge in [0.15, 0.2) is 0 Å². The van der Waals surface area contributed by atoms with Gasteiger partial charge in [0, 0.05) is 38.3 Å². The van der Waals surface area contributed by atoms with E-state index in [4.69, 9.17) is 9.72 Å². The average molecular weight is 401 g/mol. The van der Waals surface area contributed by atoms with Crippen LogP contribution in [0.1, 0.15) is 30.1 Å². The highest BCUT2D eigenvalue weighted by atomic mass is 35.5. The summed E-state index contributed by atoms with van der Waals surface area (Å²) in [6, 6.07) is 11.6. The Kier molecular flexibility index (Phi) is 6.31. The van der Waals surface area contributed by atoms with Gasteiger partial charge in [0.2, 0.25) is 0 Å². The fourth-order valence-corrected chi connectivity index (χ4v) is 3.74. The maximum absolute atomic E-state index is 13.3. The minimum Gasteiger partial charge on any atom is -0.378 e. The molecule has 0 spiro atoms. The standard InChI is InChI=1S/C21H24N4O2.ClH/c1-3-27-15-9-12-25(13-10-15)21(26)17-14-19(20-8-11-22-24(20)2)23-18-7-5-4-6-16(17)18;/h4-8,11,14-15H,3,9-10,12-13H2,1-2H3;1H. The molecule has 1 aromatic carbocycles. The molecule has 7 heteroatoms. The van der Waals surface area contributed by atoms with Crippen molar-refractivity contribution in [1.29, 1.82) is 0 Å². The first kappa shape index (κ1) is 20.3. The van der Waals surface area contributed by atoms with Crippen molar-refractivity contribution in [3.63, 3.8) is 0 Å². The molecule has 1 fully saturated rings. The van der Waals surface area contributed by atoms with Crippen molar-refractivity contribution >= 4 is 29.2 Å². The molecule has 0 N–H and O–H groups in total. The number of nitrogens with zero attached hydrogens (tertiary/aromatic N) is 4. The van der Waals surface area contributed by atoms with Gasteiger partial charge in [-0.15, -0.1) is 12.4 Å². The number of likely N-dealkylation sites (tertiary alicyclic amines) is 1. The van der Waals surface area contributed by atoms with E-state index in [-0.39, 0.29) is 24.4 Å². The van der Waals surface area contributed by atoms with Gasteiger partial charge >= 0.3 is 0 Å². The highest BCUT2D eigenvalue weighted by Gasteiger charge is 2.25. The van der Waals surface area contributed by atoms with Gasteiger partial charge in [-0.3, -0.25) is 9.48 Å². The summed E-state index contributed by atoms with van der Waals surface area (Å²) >= 11 is 0. The maximum Gasteiger partial charge on any atom is 0.254 e. The molecule has 1 aliphatic rings. The summed E-state index contributed by atoms with van der Waals surface area (Å²) in [4.78, 5) is 20.0. The van der Waals surface area contributed by atoms with Crippen molar-refractivity contribution in [1.82, 2.24) is 19.7 Å². The third-order valence-corrected chi connectivity index (χ3v) is 5.16. The van der Waals surface area contributed by atoms with E-state index in [1.54, 1.807) is 10.9 Å². The van der Waals surface area contributed by atoms with Crippen LogP contribution in [0.5, 0.6) is 0 Å². The van der Waals surface area contributed by atoms with Crippen molar-refractivity contribution in [3.05, 3.63) is 48.2 Å². The fourth-order valence-electron chi connectivity index (χ4n) is 3.74. The van der Waals surface area contributed by atoms with Gasteiger partial charge in [-0.2, -0.15) is 5.10 Å². The van der Waals surface area contributed by atoms with E-state index < -0.39 is 0 Å². The molecular formula is C21H25ClN4O2. The second-order valence-electron chi connectivity index (χ2n) is 6.86. The van der Waals surface area contributed by atoms with Crippen LogP contribution in [-0.2, 0) is 11.8 Å². The topological polar surface area (TPSA) is 60.2 Å². The average Bonchev–Trinajstić information content (AvgIpc) is 3.13. The number of ether oxygens (including phenoxy) is 1. The van der Waals surface area contributed by atoms with Gasteiger partial charge in [-0.25, -0.2) is 4.98 Å². The van der Waals surface area contributed by atoms with Crippen molar-refractivity contribution in [2.75, 3.05) is 19.7 Å². The lowest BCUT2D eigenvalue weighted by atomic mass is 10.0. The number of amides is 1. The number of hydrogen-bond acceptors (Lipinski definition) is 4. The molecule has 0 unspecified atom stereocenters. The quantitative estimate of drug-likeness (QED) is 0.670. The van der Waals surface area contributed by atoms with Crippen molar-refractivity contribution in [2.45, 2.75) is 25.9 Å². The molecule has 3 heterocycles. The van der Waals surface area contributed by atoms with Crippen LogP contribution < -0.4 is 0 Å². The molecule has 3 aromatic rings. The van der Waals surface area contributed by atoms with Crippen LogP contribution >= 0.6 is 12.4 Å². The van der Waals surface area contributed by atoms with Crippen molar-refractivity contribution < 1.29 is 9.53 Å². The summed E-state index contributed by atoms with van der Waals surface area (Å²) in [5.74, 6) is 0.0620. The normalized spacial score (nSPS) is 14.9. The maximum atomic E-state index is 13.3. The van der Waals surface area contributed by atoms with Crippen LogP contribution in [0.25, 0.3) is 22.3 Å². The summed E-state index contributed by atoms with van der Waals surface area (Å²) in [5.41, 5.74) is 3.18. The number of hydrogen-bond donors (Lipinski definition) is 0.